The Balaban J connectivity index is 1.45. The number of likely N-dealkylation sites (tertiary alicyclic amines) is 1. The highest BCUT2D eigenvalue weighted by Crippen LogP contribution is 2.39. The number of aryl methyl sites for hydroxylation is 2. The van der Waals surface area contributed by atoms with Crippen LogP contribution in [0.5, 0.6) is 0 Å². The molecule has 1 N–H and O–H groups in total. The summed E-state index contributed by atoms with van der Waals surface area (Å²) in [6.45, 7) is 4.75. The molecule has 0 radical (unpaired) electrons. The van der Waals surface area contributed by atoms with Crippen LogP contribution in [0.4, 0.5) is 10.1 Å². The molecular weight excluding hydrogens is 509 g/mol. The number of fused-ring (bicyclic) bond motifs is 2. The van der Waals surface area contributed by atoms with E-state index in [1.54, 1.807) is 34.9 Å². The van der Waals surface area contributed by atoms with Crippen molar-refractivity contribution in [3.8, 4) is 11.1 Å². The summed E-state index contributed by atoms with van der Waals surface area (Å²) in [5.74, 6) is -0.457. The highest BCUT2D eigenvalue weighted by Gasteiger charge is 2.28. The van der Waals surface area contributed by atoms with E-state index in [1.807, 2.05) is 49.2 Å². The smallest absolute Gasteiger partial charge is 0.246 e. The Morgan fingerprint density at radius 2 is 1.85 bits per heavy atom. The predicted octanol–water partition coefficient (Wildman–Crippen LogP) is 4.80. The molecule has 0 saturated carbocycles. The fourth-order valence-corrected chi connectivity index (χ4v) is 5.70. The van der Waals surface area contributed by atoms with Crippen LogP contribution in [0.15, 0.2) is 55.0 Å². The number of nitrogens with zero attached hydrogens (tertiary/aromatic N) is 6. The van der Waals surface area contributed by atoms with Gasteiger partial charge in [0.25, 0.3) is 0 Å². The number of aromatic nitrogens is 5. The van der Waals surface area contributed by atoms with Crippen molar-refractivity contribution in [1.29, 1.82) is 0 Å². The number of carbonyl (C=O) groups is 2. The number of halogens is 1. The van der Waals surface area contributed by atoms with E-state index in [9.17, 15) is 9.59 Å². The van der Waals surface area contributed by atoms with E-state index in [-0.39, 0.29) is 30.1 Å². The lowest BCUT2D eigenvalue weighted by molar-refractivity contribution is -0.129. The van der Waals surface area contributed by atoms with Crippen molar-refractivity contribution in [2.24, 2.45) is 7.05 Å². The fourth-order valence-electron chi connectivity index (χ4n) is 5.70. The largest absolute Gasteiger partial charge is 0.343 e. The van der Waals surface area contributed by atoms with Crippen molar-refractivity contribution < 1.29 is 14.0 Å². The number of hydrogen-bond donors (Lipinski definition) is 1. The van der Waals surface area contributed by atoms with E-state index in [0.717, 1.165) is 51.5 Å². The lowest BCUT2D eigenvalue weighted by Crippen LogP contribution is -2.36. The lowest BCUT2D eigenvalue weighted by Gasteiger charge is -2.30. The van der Waals surface area contributed by atoms with Crippen molar-refractivity contribution in [2.75, 3.05) is 18.4 Å². The zero-order valence-electron chi connectivity index (χ0n) is 22.7. The molecule has 5 aromatic rings. The number of hydrogen-bond acceptors (Lipinski definition) is 5. The molecule has 6 rings (SSSR count). The van der Waals surface area contributed by atoms with Crippen LogP contribution in [0.1, 0.15) is 36.9 Å². The van der Waals surface area contributed by atoms with Crippen LogP contribution >= 0.6 is 0 Å². The van der Waals surface area contributed by atoms with Gasteiger partial charge in [-0.15, -0.1) is 0 Å². The first-order valence-corrected chi connectivity index (χ1v) is 13.4. The van der Waals surface area contributed by atoms with E-state index in [0.29, 0.717) is 24.3 Å². The zero-order chi connectivity index (χ0) is 28.0. The first-order valence-electron chi connectivity index (χ1n) is 13.4. The van der Waals surface area contributed by atoms with Gasteiger partial charge in [-0.2, -0.15) is 10.2 Å². The molecule has 1 aliphatic heterocycles. The van der Waals surface area contributed by atoms with Crippen LogP contribution < -0.4 is 5.32 Å². The van der Waals surface area contributed by atoms with Crippen molar-refractivity contribution >= 4 is 39.3 Å². The second-order valence-corrected chi connectivity index (χ2v) is 10.5. The number of amides is 2. The molecule has 2 amide bonds. The summed E-state index contributed by atoms with van der Waals surface area (Å²) in [4.78, 5) is 31.0. The second-order valence-electron chi connectivity index (χ2n) is 10.5. The number of carbonyl (C=O) groups excluding carboxylic acids is 2. The molecule has 0 atom stereocenters. The van der Waals surface area contributed by atoms with Crippen LogP contribution in [0.3, 0.4) is 0 Å². The van der Waals surface area contributed by atoms with Crippen molar-refractivity contribution in [2.45, 2.75) is 39.2 Å². The first-order chi connectivity index (χ1) is 19.3. The van der Waals surface area contributed by atoms with Crippen LogP contribution in [0.25, 0.3) is 32.9 Å². The quantitative estimate of drug-likeness (QED) is 0.346. The van der Waals surface area contributed by atoms with Crippen LogP contribution in [-0.4, -0.2) is 54.3 Å². The molecule has 0 aliphatic carbocycles. The van der Waals surface area contributed by atoms with Gasteiger partial charge in [-0.3, -0.25) is 23.9 Å². The number of piperidine rings is 1. The van der Waals surface area contributed by atoms with Crippen molar-refractivity contribution in [3.63, 3.8) is 0 Å². The highest BCUT2D eigenvalue weighted by molar-refractivity contribution is 6.00. The number of anilines is 1. The molecule has 0 spiro atoms. The van der Waals surface area contributed by atoms with Gasteiger partial charge in [0.1, 0.15) is 12.4 Å². The number of pyridine rings is 1. The number of benzene rings is 2. The summed E-state index contributed by atoms with van der Waals surface area (Å²) in [6, 6.07) is 10.9. The minimum absolute atomic E-state index is 0.0105. The average molecular weight is 540 g/mol. The maximum Gasteiger partial charge on any atom is 0.246 e. The number of rotatable bonds is 5. The normalized spacial score (nSPS) is 14.2. The van der Waals surface area contributed by atoms with Crippen molar-refractivity contribution in [3.05, 3.63) is 72.1 Å². The first kappa shape index (κ1) is 25.7. The molecule has 3 aromatic heterocycles. The van der Waals surface area contributed by atoms with Gasteiger partial charge in [-0.25, -0.2) is 4.39 Å². The Hall–Kier alpha value is -4.60. The molecular formula is C30H30FN7O2. The van der Waals surface area contributed by atoms with E-state index in [2.05, 4.69) is 15.4 Å². The molecule has 0 unspecified atom stereocenters. The maximum atomic E-state index is 15.6. The summed E-state index contributed by atoms with van der Waals surface area (Å²) in [7, 11) is 1.83. The van der Waals surface area contributed by atoms with Gasteiger partial charge in [0.15, 0.2) is 0 Å². The predicted molar refractivity (Wildman–Crippen MR) is 151 cm³/mol. The molecule has 1 fully saturated rings. The van der Waals surface area contributed by atoms with Gasteiger partial charge >= 0.3 is 0 Å². The molecule has 10 heteroatoms. The third kappa shape index (κ3) is 4.70. The Morgan fingerprint density at radius 3 is 2.60 bits per heavy atom. The van der Waals surface area contributed by atoms with E-state index in [1.165, 1.54) is 6.07 Å². The summed E-state index contributed by atoms with van der Waals surface area (Å²) >= 11 is 0. The minimum atomic E-state index is -0.345. The third-order valence-corrected chi connectivity index (χ3v) is 7.71. The van der Waals surface area contributed by atoms with Crippen LogP contribution in [0.2, 0.25) is 0 Å². The molecule has 2 aromatic carbocycles. The molecule has 40 heavy (non-hydrogen) atoms. The van der Waals surface area contributed by atoms with Gasteiger partial charge < -0.3 is 10.2 Å². The summed E-state index contributed by atoms with van der Waals surface area (Å²) in [5.41, 5.74) is 5.13. The molecule has 4 heterocycles. The molecule has 0 bridgehead atoms. The van der Waals surface area contributed by atoms with Crippen molar-refractivity contribution in [1.82, 2.24) is 29.4 Å². The zero-order valence-corrected chi connectivity index (χ0v) is 22.7. The standard InChI is InChI=1S/C30H30FN7O2/c1-18-11-22(16-32-14-18)34-28(40)17-38-26-6-4-5-23(24-13-27-21(12-25(24)31)15-33-36(27)3)29(26)30(35-38)20-7-9-37(10-8-20)19(2)39/h4-6,11-16,20H,7-10,17H2,1-3H3,(H,34,40). The third-order valence-electron chi connectivity index (χ3n) is 7.71. The lowest BCUT2D eigenvalue weighted by atomic mass is 9.89. The van der Waals surface area contributed by atoms with Gasteiger partial charge in [0.2, 0.25) is 11.8 Å². The molecule has 204 valence electrons. The van der Waals surface area contributed by atoms with E-state index in [4.69, 9.17) is 5.10 Å². The Labute approximate surface area is 230 Å². The SMILES string of the molecule is CC(=O)N1CCC(c2nn(CC(=O)Nc3cncc(C)c3)c3cccc(-c4cc5c(cnn5C)cc4F)c23)CC1. The van der Waals surface area contributed by atoms with E-state index >= 15 is 4.39 Å². The topological polar surface area (TPSA) is 97.9 Å². The molecule has 1 saturated heterocycles. The van der Waals surface area contributed by atoms with Gasteiger partial charge in [0.05, 0.1) is 34.8 Å². The average Bonchev–Trinajstić information content (AvgIpc) is 3.48. The Bertz CT molecular complexity index is 1770. The van der Waals surface area contributed by atoms with Crippen LogP contribution in [0, 0.1) is 12.7 Å². The second kappa shape index (κ2) is 10.2. The molecule has 9 nitrogen and oxygen atoms in total. The number of nitrogens with one attached hydrogen (secondary N) is 1. The Morgan fingerprint density at radius 1 is 1.05 bits per heavy atom. The minimum Gasteiger partial charge on any atom is -0.343 e. The monoisotopic (exact) mass is 539 g/mol. The van der Waals surface area contributed by atoms with Gasteiger partial charge in [-0.1, -0.05) is 12.1 Å². The van der Waals surface area contributed by atoms with Gasteiger partial charge in [-0.05, 0) is 55.2 Å². The summed E-state index contributed by atoms with van der Waals surface area (Å²) < 4.78 is 19.0. The van der Waals surface area contributed by atoms with Crippen LogP contribution in [-0.2, 0) is 23.2 Å². The summed E-state index contributed by atoms with van der Waals surface area (Å²) in [6.07, 6.45) is 6.46. The highest BCUT2D eigenvalue weighted by atomic mass is 19.1. The summed E-state index contributed by atoms with van der Waals surface area (Å²) in [5, 5.41) is 13.7. The fraction of sp³-hybridized carbons (Fsp3) is 0.300. The Kier molecular flexibility index (Phi) is 6.53. The molecule has 1 aliphatic rings. The van der Waals surface area contributed by atoms with Gasteiger partial charge in [0, 0.05) is 55.5 Å². The van der Waals surface area contributed by atoms with E-state index < -0.39 is 0 Å². The maximum absolute atomic E-state index is 15.6.